The Bertz CT molecular complexity index is 497. The van der Waals surface area contributed by atoms with E-state index in [1.807, 2.05) is 0 Å². The van der Waals surface area contributed by atoms with Crippen LogP contribution < -0.4 is 10.6 Å². The topological polar surface area (TPSA) is 101 Å². The number of alkyl carbamates (subject to hydrolysis) is 1. The molecule has 0 aromatic carbocycles. The van der Waals surface area contributed by atoms with E-state index < -0.39 is 17.7 Å². The Balaban J connectivity index is 2.24. The van der Waals surface area contributed by atoms with Gasteiger partial charge in [-0.2, -0.15) is 0 Å². The summed E-state index contributed by atoms with van der Waals surface area (Å²) in [5.74, 6) is -1.06. The number of carboxylic acids is 1. The molecule has 1 aromatic heterocycles. The van der Waals surface area contributed by atoms with E-state index in [9.17, 15) is 9.59 Å². The van der Waals surface area contributed by atoms with Crippen LogP contribution in [0.15, 0.2) is 18.3 Å². The molecule has 0 fully saturated rings. The van der Waals surface area contributed by atoms with Gasteiger partial charge in [-0.15, -0.1) is 0 Å². The van der Waals surface area contributed by atoms with Crippen LogP contribution >= 0.6 is 0 Å². The van der Waals surface area contributed by atoms with Crippen molar-refractivity contribution in [3.8, 4) is 0 Å². The number of aromatic nitrogens is 1. The lowest BCUT2D eigenvalue weighted by Gasteiger charge is -2.19. The molecule has 1 heterocycles. The van der Waals surface area contributed by atoms with Crippen LogP contribution in [-0.2, 0) is 4.74 Å². The van der Waals surface area contributed by atoms with Gasteiger partial charge >= 0.3 is 12.1 Å². The first-order valence-electron chi connectivity index (χ1n) is 6.68. The largest absolute Gasteiger partial charge is 0.477 e. The van der Waals surface area contributed by atoms with Crippen LogP contribution in [0.2, 0.25) is 0 Å². The quantitative estimate of drug-likeness (QED) is 0.695. The molecule has 0 spiro atoms. The summed E-state index contributed by atoms with van der Waals surface area (Å²) >= 11 is 0. The number of rotatable bonds is 6. The van der Waals surface area contributed by atoms with Crippen molar-refractivity contribution >= 4 is 17.7 Å². The Hall–Kier alpha value is -2.31. The van der Waals surface area contributed by atoms with E-state index in [0.29, 0.717) is 25.2 Å². The zero-order valence-corrected chi connectivity index (χ0v) is 12.5. The van der Waals surface area contributed by atoms with Gasteiger partial charge in [-0.1, -0.05) is 0 Å². The molecular formula is C14H21N3O4. The fourth-order valence-corrected chi connectivity index (χ4v) is 1.48. The van der Waals surface area contributed by atoms with Gasteiger partial charge < -0.3 is 20.5 Å². The molecule has 0 aliphatic rings. The van der Waals surface area contributed by atoms with E-state index in [4.69, 9.17) is 9.84 Å². The normalized spacial score (nSPS) is 10.8. The molecule has 0 unspecified atom stereocenters. The molecule has 1 amide bonds. The minimum absolute atomic E-state index is 0.00752. The van der Waals surface area contributed by atoms with Crippen molar-refractivity contribution < 1.29 is 19.4 Å². The summed E-state index contributed by atoms with van der Waals surface area (Å²) in [5, 5.41) is 14.5. The van der Waals surface area contributed by atoms with Crippen LogP contribution in [0.1, 0.15) is 37.7 Å². The maximum absolute atomic E-state index is 11.4. The molecule has 0 aliphatic carbocycles. The highest BCUT2D eigenvalue weighted by Crippen LogP contribution is 2.08. The van der Waals surface area contributed by atoms with Gasteiger partial charge in [0.05, 0.1) is 0 Å². The number of amides is 1. The van der Waals surface area contributed by atoms with E-state index in [0.717, 1.165) is 0 Å². The van der Waals surface area contributed by atoms with Crippen LogP contribution in [0.25, 0.3) is 0 Å². The van der Waals surface area contributed by atoms with Crippen LogP contribution in [0.5, 0.6) is 0 Å². The first-order chi connectivity index (χ1) is 9.78. The van der Waals surface area contributed by atoms with Gasteiger partial charge in [0.1, 0.15) is 11.3 Å². The van der Waals surface area contributed by atoms with E-state index in [-0.39, 0.29) is 5.69 Å². The second kappa shape index (κ2) is 7.47. The first kappa shape index (κ1) is 16.7. The number of nitrogens with zero attached hydrogens (tertiary/aromatic N) is 1. The number of aromatic carboxylic acids is 1. The van der Waals surface area contributed by atoms with Crippen molar-refractivity contribution in [2.24, 2.45) is 0 Å². The molecule has 3 N–H and O–H groups in total. The first-order valence-corrected chi connectivity index (χ1v) is 6.68. The molecule has 0 atom stereocenters. The fourth-order valence-electron chi connectivity index (χ4n) is 1.48. The van der Waals surface area contributed by atoms with E-state index in [1.165, 1.54) is 12.3 Å². The zero-order chi connectivity index (χ0) is 15.9. The molecule has 0 bridgehead atoms. The maximum Gasteiger partial charge on any atom is 0.407 e. The van der Waals surface area contributed by atoms with E-state index in [2.05, 4.69) is 15.6 Å². The number of carbonyl (C=O) groups excluding carboxylic acids is 1. The number of hydrogen-bond acceptors (Lipinski definition) is 5. The third-order valence-corrected chi connectivity index (χ3v) is 2.33. The Labute approximate surface area is 123 Å². The summed E-state index contributed by atoms with van der Waals surface area (Å²) in [4.78, 5) is 25.9. The molecule has 7 heteroatoms. The lowest BCUT2D eigenvalue weighted by molar-refractivity contribution is 0.0527. The molecule has 0 radical (unpaired) electrons. The van der Waals surface area contributed by atoms with E-state index in [1.54, 1.807) is 26.8 Å². The van der Waals surface area contributed by atoms with Gasteiger partial charge in [0, 0.05) is 25.0 Å². The van der Waals surface area contributed by atoms with Crippen LogP contribution in [0.4, 0.5) is 10.5 Å². The molecule has 0 saturated heterocycles. The smallest absolute Gasteiger partial charge is 0.407 e. The number of carbonyl (C=O) groups is 2. The van der Waals surface area contributed by atoms with Crippen molar-refractivity contribution in [1.29, 1.82) is 0 Å². The molecule has 7 nitrogen and oxygen atoms in total. The maximum atomic E-state index is 11.4. The standard InChI is InChI=1S/C14H21N3O4/c1-14(2,3)21-13(20)17-7-4-6-15-10-5-8-16-11(9-10)12(18)19/h5,8-9H,4,6-7H2,1-3H3,(H,15,16)(H,17,20)(H,18,19). The number of pyridine rings is 1. The lowest BCUT2D eigenvalue weighted by atomic mass is 10.2. The molecular weight excluding hydrogens is 274 g/mol. The number of nitrogens with one attached hydrogen (secondary N) is 2. The van der Waals surface area contributed by atoms with Crippen LogP contribution in [0, 0.1) is 0 Å². The highest BCUT2D eigenvalue weighted by molar-refractivity contribution is 5.86. The Morgan fingerprint density at radius 1 is 1.33 bits per heavy atom. The van der Waals surface area contributed by atoms with Crippen molar-refractivity contribution in [3.63, 3.8) is 0 Å². The monoisotopic (exact) mass is 295 g/mol. The summed E-state index contributed by atoms with van der Waals surface area (Å²) < 4.78 is 5.10. The third kappa shape index (κ3) is 7.14. The van der Waals surface area contributed by atoms with Gasteiger partial charge in [0.25, 0.3) is 0 Å². The lowest BCUT2D eigenvalue weighted by Crippen LogP contribution is -2.33. The minimum Gasteiger partial charge on any atom is -0.477 e. The highest BCUT2D eigenvalue weighted by Gasteiger charge is 2.15. The minimum atomic E-state index is -1.06. The Kier molecular flexibility index (Phi) is 5.95. The summed E-state index contributed by atoms with van der Waals surface area (Å²) in [6.07, 6.45) is 1.67. The molecule has 0 saturated carbocycles. The summed E-state index contributed by atoms with van der Waals surface area (Å²) in [6, 6.07) is 3.15. The van der Waals surface area contributed by atoms with Gasteiger partial charge in [0.15, 0.2) is 0 Å². The van der Waals surface area contributed by atoms with Crippen molar-refractivity contribution in [2.75, 3.05) is 18.4 Å². The molecule has 0 aliphatic heterocycles. The van der Waals surface area contributed by atoms with Gasteiger partial charge in [-0.25, -0.2) is 14.6 Å². The summed E-state index contributed by atoms with van der Waals surface area (Å²) in [6.45, 7) is 6.48. The predicted molar refractivity (Wildman–Crippen MR) is 78.5 cm³/mol. The highest BCUT2D eigenvalue weighted by atomic mass is 16.6. The number of ether oxygens (including phenoxy) is 1. The third-order valence-electron chi connectivity index (χ3n) is 2.33. The number of anilines is 1. The predicted octanol–water partition coefficient (Wildman–Crippen LogP) is 2.11. The number of carboxylic acid groups (broad SMARTS) is 1. The number of hydrogen-bond donors (Lipinski definition) is 3. The molecule has 1 rings (SSSR count). The Morgan fingerprint density at radius 3 is 2.67 bits per heavy atom. The van der Waals surface area contributed by atoms with Crippen molar-refractivity contribution in [1.82, 2.24) is 10.3 Å². The molecule has 1 aromatic rings. The van der Waals surface area contributed by atoms with Gasteiger partial charge in [0.2, 0.25) is 0 Å². The average molecular weight is 295 g/mol. The second-order valence-corrected chi connectivity index (χ2v) is 5.44. The summed E-state index contributed by atoms with van der Waals surface area (Å²) in [5.41, 5.74) is 0.165. The van der Waals surface area contributed by atoms with Crippen LogP contribution in [-0.4, -0.2) is 40.8 Å². The SMILES string of the molecule is CC(C)(C)OC(=O)NCCCNc1ccnc(C(=O)O)c1. The fraction of sp³-hybridized carbons (Fsp3) is 0.500. The Morgan fingerprint density at radius 2 is 2.05 bits per heavy atom. The van der Waals surface area contributed by atoms with Crippen LogP contribution in [0.3, 0.4) is 0 Å². The average Bonchev–Trinajstić information content (AvgIpc) is 2.36. The second-order valence-electron chi connectivity index (χ2n) is 5.44. The van der Waals surface area contributed by atoms with Gasteiger partial charge in [-0.05, 0) is 39.3 Å². The summed E-state index contributed by atoms with van der Waals surface area (Å²) in [7, 11) is 0. The zero-order valence-electron chi connectivity index (χ0n) is 12.5. The molecule has 21 heavy (non-hydrogen) atoms. The van der Waals surface area contributed by atoms with Crippen molar-refractivity contribution in [2.45, 2.75) is 32.8 Å². The van der Waals surface area contributed by atoms with Gasteiger partial charge in [-0.3, -0.25) is 0 Å². The molecule has 116 valence electrons. The van der Waals surface area contributed by atoms with E-state index >= 15 is 0 Å². The van der Waals surface area contributed by atoms with Crippen molar-refractivity contribution in [3.05, 3.63) is 24.0 Å².